The Balaban J connectivity index is 0.000000184. The van der Waals surface area contributed by atoms with E-state index in [1.54, 1.807) is 51.7 Å². The van der Waals surface area contributed by atoms with Crippen molar-refractivity contribution in [2.45, 2.75) is 229 Å². The Labute approximate surface area is 730 Å². The second-order valence-electron chi connectivity index (χ2n) is 34.0. The van der Waals surface area contributed by atoms with E-state index in [1.807, 2.05) is 89.6 Å². The standard InChI is InChI=1S/C40H54N12O9P2.C40H54N12O8P2.CH4/c1-11-27-22(4)33(39(57-27)51-18-48-31-25(7)42-15-45-36(31)51)60-63(10,54)56-13-29-23(5)34(40(59-29)52-19-49-32-26(8)43-16-46-37(32)52)61-62(9,53)55-12-28-20(2)21(3)38(58-28)50-17-47-30-24(6)41-14-44-35(30)50;1-11-27-22(4)33(39(56-27)51-18-48-31-25(7)42-15-45-36(31)51)59-61(9)54-12-28-23(5)34(40(58-28)52-19-49-32-26(8)43-16-46-37(32)52)60-62(10,53)55-13-29-20(2)21(3)38(57-29)50-17-47-30-24(6)41-14-44-35(30)50;/h14-23,27-29,33-34,38-40H,11-13H2,1-10H3;14-23,27-29,33-34,38-40H,11-13H2,1-10H3;1H4/t20?,21?,22?,23?,27-,28-,29-,33?,34?,38-,39-,40-,62?,63?;20?,21?,22?,23?,27-,28-,29-,33?,34?,38-,39-,40-,61?,62?;/m11./s1. The molecule has 18 rings (SSSR count). The SMILES string of the molecule is C.CC[C@H]1O[C@@H](n2cnc3c(C)ncnc32)C(OP(C)(=O)OC[C@H]2O[C@@H](n3cnc4c(C)ncnc43)C(OP(C)(=O)OC[C@H]3O[C@@H](n4cnc5c(C)ncnc54)C(C)C3C)C2C)C1C.CC[C@H]1O[C@@H](n2cnc3c(C)ncnc32)C(OP(C)OC[C@H]2O[C@@H](n3cnc4c(C)ncnc43)C(OP(C)(=O)OC[C@H]3O[C@@H](n4cnc5c(C)ncnc54)C(C)C3C)C2C)C1C. The highest BCUT2D eigenvalue weighted by Gasteiger charge is 2.54. The topological polar surface area (TPSA) is 442 Å². The molecule has 0 bridgehead atoms. The van der Waals surface area contributed by atoms with Crippen molar-refractivity contribution in [2.75, 3.05) is 53.1 Å². The molecule has 0 aliphatic carbocycles. The van der Waals surface area contributed by atoms with Crippen molar-refractivity contribution in [1.82, 2.24) is 117 Å². The maximum Gasteiger partial charge on any atom is 0.328 e. The summed E-state index contributed by atoms with van der Waals surface area (Å²) in [6.07, 6.45) is 12.4. The largest absolute Gasteiger partial charge is 0.352 e. The highest BCUT2D eigenvalue weighted by Crippen LogP contribution is 2.58. The molecule has 0 aromatic carbocycles. The van der Waals surface area contributed by atoms with Gasteiger partial charge in [-0.05, 0) is 66.2 Å². The second kappa shape index (κ2) is 36.7. The van der Waals surface area contributed by atoms with Gasteiger partial charge in [0.05, 0.1) is 135 Å². The van der Waals surface area contributed by atoms with E-state index >= 15 is 0 Å². The molecule has 12 aromatic heterocycles. The van der Waals surface area contributed by atoms with Crippen LogP contribution < -0.4 is 0 Å². The summed E-state index contributed by atoms with van der Waals surface area (Å²) in [5, 5.41) is 0. The molecule has 12 aromatic rings. The number of aryl methyl sites for hydroxylation is 6. The molecule has 0 radical (unpaired) electrons. The van der Waals surface area contributed by atoms with Gasteiger partial charge in [0.2, 0.25) is 0 Å². The van der Waals surface area contributed by atoms with Crippen LogP contribution in [0.2, 0.25) is 0 Å². The molecule has 0 spiro atoms. The molecule has 0 saturated carbocycles. The predicted octanol–water partition coefficient (Wildman–Crippen LogP) is 13.8. The summed E-state index contributed by atoms with van der Waals surface area (Å²) in [6, 6.07) is 0. The van der Waals surface area contributed by atoms with E-state index in [4.69, 9.17) is 64.6 Å². The lowest BCUT2D eigenvalue weighted by Crippen LogP contribution is -2.30. The summed E-state index contributed by atoms with van der Waals surface area (Å²) in [5.74, 6) is -0.596. The van der Waals surface area contributed by atoms with E-state index in [2.05, 4.69) is 131 Å². The van der Waals surface area contributed by atoms with Gasteiger partial charge in [0.15, 0.2) is 67.2 Å². The Morgan fingerprint density at radius 2 is 0.532 bits per heavy atom. The molecule has 678 valence electrons. The molecule has 6 aliphatic rings. The maximum absolute atomic E-state index is 14.4. The number of nitrogens with zero attached hydrogens (tertiary/aromatic N) is 24. The molecule has 6 saturated heterocycles. The number of fused-ring (bicyclic) bond motifs is 6. The van der Waals surface area contributed by atoms with E-state index in [0.29, 0.717) is 68.1 Å². The number of ether oxygens (including phenoxy) is 6. The Kier molecular flexibility index (Phi) is 26.5. The minimum absolute atomic E-state index is 0. The fourth-order valence-corrected chi connectivity index (χ4v) is 22.7. The Bertz CT molecular complexity index is 6060. The molecule has 126 heavy (non-hydrogen) atoms. The number of aromatic nitrogens is 24. The van der Waals surface area contributed by atoms with Gasteiger partial charge < -0.3 is 64.6 Å². The van der Waals surface area contributed by atoms with Gasteiger partial charge in [-0.2, -0.15) is 0 Å². The molecule has 45 heteroatoms. The van der Waals surface area contributed by atoms with Gasteiger partial charge in [0.1, 0.15) is 108 Å². The van der Waals surface area contributed by atoms with Crippen LogP contribution in [0.25, 0.3) is 67.0 Å². The van der Waals surface area contributed by atoms with Crippen molar-refractivity contribution < 1.29 is 78.3 Å². The van der Waals surface area contributed by atoms with Crippen LogP contribution in [0.3, 0.4) is 0 Å². The molecule has 41 nitrogen and oxygen atoms in total. The Morgan fingerprint density at radius 3 is 0.810 bits per heavy atom. The van der Waals surface area contributed by atoms with E-state index in [1.165, 1.54) is 58.0 Å². The van der Waals surface area contributed by atoms with Gasteiger partial charge in [-0.15, -0.1) is 0 Å². The molecule has 0 amide bonds. The van der Waals surface area contributed by atoms with Crippen LogP contribution in [-0.2, 0) is 78.3 Å². The first kappa shape index (κ1) is 91.2. The third-order valence-electron chi connectivity index (χ3n) is 25.9. The van der Waals surface area contributed by atoms with E-state index < -0.39 is 98.6 Å². The van der Waals surface area contributed by atoms with Crippen LogP contribution in [0, 0.1) is 88.9 Å². The van der Waals surface area contributed by atoms with E-state index in [9.17, 15) is 13.7 Å². The maximum atomic E-state index is 14.4. The predicted molar refractivity (Wildman–Crippen MR) is 461 cm³/mol. The molecule has 6 fully saturated rings. The van der Waals surface area contributed by atoms with Crippen molar-refractivity contribution in [1.29, 1.82) is 0 Å². The molecular formula is C81H112N24O17P4. The molecule has 18 heterocycles. The highest BCUT2D eigenvalue weighted by molar-refractivity contribution is 7.53. The van der Waals surface area contributed by atoms with Crippen LogP contribution in [0.4, 0.5) is 0 Å². The molecular weight excluding hydrogens is 1700 g/mol. The summed E-state index contributed by atoms with van der Waals surface area (Å²) in [7, 11) is -12.7. The average molecular weight is 1820 g/mol. The lowest BCUT2D eigenvalue weighted by Gasteiger charge is -2.27. The highest BCUT2D eigenvalue weighted by atomic mass is 31.2. The quantitative estimate of drug-likeness (QED) is 0.0411. The lowest BCUT2D eigenvalue weighted by molar-refractivity contribution is -0.0523. The average Bonchev–Trinajstić information content (AvgIpc) is 1.63. The number of imidazole rings is 6. The monoisotopic (exact) mass is 1820 g/mol. The summed E-state index contributed by atoms with van der Waals surface area (Å²) in [4.78, 5) is 80.0. The third kappa shape index (κ3) is 17.5. The lowest BCUT2D eigenvalue weighted by atomic mass is 9.93. The van der Waals surface area contributed by atoms with Crippen molar-refractivity contribution in [3.05, 3.63) is 110 Å². The van der Waals surface area contributed by atoms with Crippen molar-refractivity contribution >= 4 is 98.1 Å². The first-order valence-corrected chi connectivity index (χ1v) is 49.9. The first-order valence-electron chi connectivity index (χ1n) is 42.3. The van der Waals surface area contributed by atoms with Gasteiger partial charge in [-0.25, -0.2) is 89.7 Å². The Hall–Kier alpha value is -8.14. The molecule has 0 N–H and O–H groups in total. The minimum Gasteiger partial charge on any atom is -0.352 e. The van der Waals surface area contributed by atoms with E-state index in [-0.39, 0.29) is 112 Å². The van der Waals surface area contributed by atoms with Crippen molar-refractivity contribution in [3.63, 3.8) is 0 Å². The third-order valence-corrected chi connectivity index (χ3v) is 30.7. The van der Waals surface area contributed by atoms with Crippen molar-refractivity contribution in [2.24, 2.45) is 47.3 Å². The van der Waals surface area contributed by atoms with Crippen LogP contribution in [0.1, 0.15) is 161 Å². The molecule has 6 aliphatic heterocycles. The fourth-order valence-electron chi connectivity index (χ4n) is 18.0. The van der Waals surface area contributed by atoms with Crippen LogP contribution in [0.5, 0.6) is 0 Å². The van der Waals surface area contributed by atoms with Crippen LogP contribution in [0.15, 0.2) is 75.9 Å². The number of hydrogen-bond acceptors (Lipinski definition) is 35. The van der Waals surface area contributed by atoms with Crippen LogP contribution in [-0.4, -0.2) is 231 Å². The van der Waals surface area contributed by atoms with Gasteiger partial charge >= 0.3 is 22.8 Å². The zero-order chi connectivity index (χ0) is 88.1. The van der Waals surface area contributed by atoms with Gasteiger partial charge in [0, 0.05) is 62.2 Å². The normalized spacial score (nSPS) is 31.6. The van der Waals surface area contributed by atoms with E-state index in [0.717, 1.165) is 45.9 Å². The summed E-state index contributed by atoms with van der Waals surface area (Å²) in [5.41, 5.74) is 12.2. The summed E-state index contributed by atoms with van der Waals surface area (Å²) < 4.78 is 145. The zero-order valence-corrected chi connectivity index (χ0v) is 77.1. The summed E-state index contributed by atoms with van der Waals surface area (Å²) in [6.45, 7) is 38.3. The van der Waals surface area contributed by atoms with Crippen LogP contribution >= 0.6 is 31.2 Å². The summed E-state index contributed by atoms with van der Waals surface area (Å²) >= 11 is 0. The second-order valence-corrected chi connectivity index (χ2v) is 41.4. The molecule has 28 atom stereocenters. The fraction of sp³-hybridized carbons (Fsp3) is 0.630. The minimum atomic E-state index is -3.80. The van der Waals surface area contributed by atoms with Crippen molar-refractivity contribution in [3.8, 4) is 0 Å². The van der Waals surface area contributed by atoms with Gasteiger partial charge in [-0.3, -0.25) is 41.1 Å². The Morgan fingerprint density at radius 1 is 0.310 bits per heavy atom. The van der Waals surface area contributed by atoms with Gasteiger partial charge in [-0.1, -0.05) is 76.7 Å². The molecule has 16 unspecified atom stereocenters. The number of rotatable bonds is 28. The smallest absolute Gasteiger partial charge is 0.328 e. The zero-order valence-electron chi connectivity index (χ0n) is 73.5. The first-order chi connectivity index (χ1) is 59.8. The van der Waals surface area contributed by atoms with Gasteiger partial charge in [0.25, 0.3) is 0 Å². The number of hydrogen-bond donors (Lipinski definition) is 0.